The first-order valence-electron chi connectivity index (χ1n) is 12.3. The lowest BCUT2D eigenvalue weighted by Gasteiger charge is -2.42. The maximum atomic E-state index is 13.2. The van der Waals surface area contributed by atoms with Gasteiger partial charge in [0.15, 0.2) is 0 Å². The molecule has 2 aliphatic heterocycles. The van der Waals surface area contributed by atoms with Crippen LogP contribution >= 0.6 is 0 Å². The molecule has 0 spiro atoms. The summed E-state index contributed by atoms with van der Waals surface area (Å²) in [6, 6.07) is 13.0. The molecule has 0 radical (unpaired) electrons. The summed E-state index contributed by atoms with van der Waals surface area (Å²) < 4.78 is 11.8. The number of rotatable bonds is 7. The number of ether oxygens (including phenoxy) is 2. The highest BCUT2D eigenvalue weighted by molar-refractivity contribution is 5.77. The van der Waals surface area contributed by atoms with Gasteiger partial charge in [0.1, 0.15) is 0 Å². The number of likely N-dealkylation sites (tertiary alicyclic amines) is 1. The Labute approximate surface area is 190 Å². The van der Waals surface area contributed by atoms with E-state index in [0.29, 0.717) is 38.1 Å². The molecule has 1 amide bonds. The second-order valence-electron chi connectivity index (χ2n) is 9.73. The lowest BCUT2D eigenvalue weighted by Crippen LogP contribution is -2.51. The smallest absolute Gasteiger partial charge is 0.223 e. The number of benzene rings is 1. The molecule has 6 nitrogen and oxygen atoms in total. The zero-order valence-electron chi connectivity index (χ0n) is 18.8. The van der Waals surface area contributed by atoms with Crippen molar-refractivity contribution in [2.45, 2.75) is 68.9 Å². The molecule has 0 bridgehead atoms. The molecule has 3 fully saturated rings. The summed E-state index contributed by atoms with van der Waals surface area (Å²) in [4.78, 5) is 15.3. The van der Waals surface area contributed by atoms with E-state index < -0.39 is 0 Å². The summed E-state index contributed by atoms with van der Waals surface area (Å²) >= 11 is 0. The van der Waals surface area contributed by atoms with Gasteiger partial charge in [-0.2, -0.15) is 5.10 Å². The highest BCUT2D eigenvalue weighted by atomic mass is 16.5. The van der Waals surface area contributed by atoms with Gasteiger partial charge in [-0.15, -0.1) is 0 Å². The number of carbonyl (C=O) groups excluding carboxylic acids is 1. The van der Waals surface area contributed by atoms with Gasteiger partial charge in [-0.3, -0.25) is 9.89 Å². The predicted octanol–water partition coefficient (Wildman–Crippen LogP) is 4.26. The Morgan fingerprint density at radius 2 is 1.91 bits per heavy atom. The Balaban J connectivity index is 1.21. The number of amides is 1. The van der Waals surface area contributed by atoms with E-state index in [4.69, 9.17) is 9.47 Å². The molecule has 1 aromatic heterocycles. The van der Waals surface area contributed by atoms with Gasteiger partial charge in [0.25, 0.3) is 0 Å². The van der Waals surface area contributed by atoms with Gasteiger partial charge in [0, 0.05) is 31.0 Å². The number of hydrogen-bond acceptors (Lipinski definition) is 4. The lowest BCUT2D eigenvalue weighted by molar-refractivity contribution is -0.143. The molecule has 1 aliphatic carbocycles. The van der Waals surface area contributed by atoms with Crippen molar-refractivity contribution in [3.05, 3.63) is 53.9 Å². The fraction of sp³-hybridized carbons (Fsp3) is 0.615. The van der Waals surface area contributed by atoms with Crippen LogP contribution in [-0.4, -0.2) is 59.5 Å². The van der Waals surface area contributed by atoms with E-state index in [2.05, 4.69) is 51.5 Å². The highest BCUT2D eigenvalue weighted by Crippen LogP contribution is 2.36. The summed E-state index contributed by atoms with van der Waals surface area (Å²) in [6.45, 7) is 2.86. The number of H-pyrrole nitrogens is 1. The molecule has 2 atom stereocenters. The van der Waals surface area contributed by atoms with Crippen molar-refractivity contribution in [2.24, 2.45) is 5.92 Å². The number of nitrogens with zero attached hydrogens (tertiary/aromatic N) is 2. The van der Waals surface area contributed by atoms with Gasteiger partial charge in [-0.25, -0.2) is 0 Å². The third kappa shape index (κ3) is 4.91. The molecule has 2 saturated heterocycles. The molecule has 2 unspecified atom stereocenters. The number of aromatic amines is 1. The average molecular weight is 438 g/mol. The summed E-state index contributed by atoms with van der Waals surface area (Å²) in [5, 5.41) is 7.43. The third-order valence-corrected chi connectivity index (χ3v) is 7.62. The van der Waals surface area contributed by atoms with Crippen LogP contribution in [-0.2, 0) is 14.3 Å². The van der Waals surface area contributed by atoms with Gasteiger partial charge in [-0.1, -0.05) is 30.3 Å². The quantitative estimate of drug-likeness (QED) is 0.703. The van der Waals surface area contributed by atoms with Crippen LogP contribution in [0.2, 0.25) is 0 Å². The van der Waals surface area contributed by atoms with E-state index in [1.54, 1.807) is 0 Å². The SMILES string of the molecule is O=C(CC1COC1)N1CCCC(c2cc[nH]n2)C1COC1CCC(c2ccccc2)CC1. The molecule has 3 heterocycles. The third-order valence-electron chi connectivity index (χ3n) is 7.62. The molecule has 3 aliphatic rings. The minimum absolute atomic E-state index is 0.0624. The number of nitrogens with one attached hydrogen (secondary N) is 1. The van der Waals surface area contributed by atoms with Crippen LogP contribution in [0.4, 0.5) is 0 Å². The molecule has 32 heavy (non-hydrogen) atoms. The van der Waals surface area contributed by atoms with Crippen LogP contribution in [0.25, 0.3) is 0 Å². The second kappa shape index (κ2) is 10.2. The first-order valence-corrected chi connectivity index (χ1v) is 12.3. The van der Waals surface area contributed by atoms with E-state index in [-0.39, 0.29) is 24.0 Å². The van der Waals surface area contributed by atoms with Gasteiger partial charge >= 0.3 is 0 Å². The Hall–Kier alpha value is -2.18. The van der Waals surface area contributed by atoms with Gasteiger partial charge < -0.3 is 14.4 Å². The second-order valence-corrected chi connectivity index (χ2v) is 9.73. The first-order chi connectivity index (χ1) is 15.8. The number of carbonyl (C=O) groups is 1. The van der Waals surface area contributed by atoms with E-state index in [9.17, 15) is 4.79 Å². The Morgan fingerprint density at radius 1 is 1.09 bits per heavy atom. The molecule has 2 aromatic rings. The molecule has 5 rings (SSSR count). The van der Waals surface area contributed by atoms with Gasteiger partial charge in [0.05, 0.1) is 37.7 Å². The van der Waals surface area contributed by atoms with Crippen LogP contribution in [0.15, 0.2) is 42.6 Å². The minimum atomic E-state index is 0.0624. The number of piperidine rings is 1. The van der Waals surface area contributed by atoms with Crippen LogP contribution in [0, 0.1) is 5.92 Å². The average Bonchev–Trinajstić information content (AvgIpc) is 3.35. The minimum Gasteiger partial charge on any atom is -0.381 e. The molecule has 1 aromatic carbocycles. The van der Waals surface area contributed by atoms with E-state index in [1.807, 2.05) is 6.20 Å². The largest absolute Gasteiger partial charge is 0.381 e. The van der Waals surface area contributed by atoms with Crippen LogP contribution in [0.5, 0.6) is 0 Å². The van der Waals surface area contributed by atoms with E-state index in [1.165, 1.54) is 18.4 Å². The highest BCUT2D eigenvalue weighted by Gasteiger charge is 2.38. The van der Waals surface area contributed by atoms with Crippen molar-refractivity contribution in [3.8, 4) is 0 Å². The molecular weight excluding hydrogens is 402 g/mol. The maximum Gasteiger partial charge on any atom is 0.223 e. The predicted molar refractivity (Wildman–Crippen MR) is 122 cm³/mol. The zero-order valence-corrected chi connectivity index (χ0v) is 18.8. The van der Waals surface area contributed by atoms with Crippen LogP contribution < -0.4 is 0 Å². The summed E-state index contributed by atoms with van der Waals surface area (Å²) in [7, 11) is 0. The number of hydrogen-bond donors (Lipinski definition) is 1. The van der Waals surface area contributed by atoms with E-state index in [0.717, 1.165) is 37.9 Å². The molecular formula is C26H35N3O3. The summed E-state index contributed by atoms with van der Waals surface area (Å²) in [6.07, 6.45) is 9.35. The summed E-state index contributed by atoms with van der Waals surface area (Å²) in [5.41, 5.74) is 2.50. The maximum absolute atomic E-state index is 13.2. The Bertz CT molecular complexity index is 844. The van der Waals surface area contributed by atoms with Crippen molar-refractivity contribution in [1.82, 2.24) is 15.1 Å². The van der Waals surface area contributed by atoms with E-state index >= 15 is 0 Å². The Morgan fingerprint density at radius 3 is 2.59 bits per heavy atom. The van der Waals surface area contributed by atoms with Crippen molar-refractivity contribution in [1.29, 1.82) is 0 Å². The van der Waals surface area contributed by atoms with Crippen LogP contribution in [0.3, 0.4) is 0 Å². The van der Waals surface area contributed by atoms with Crippen LogP contribution in [0.1, 0.15) is 68.0 Å². The molecule has 172 valence electrons. The molecule has 6 heteroatoms. The molecule has 1 saturated carbocycles. The fourth-order valence-electron chi connectivity index (χ4n) is 5.69. The topological polar surface area (TPSA) is 67.5 Å². The van der Waals surface area contributed by atoms with Crippen molar-refractivity contribution in [3.63, 3.8) is 0 Å². The lowest BCUT2D eigenvalue weighted by atomic mass is 9.82. The monoisotopic (exact) mass is 437 g/mol. The number of aromatic nitrogens is 2. The first kappa shape index (κ1) is 21.7. The van der Waals surface area contributed by atoms with Crippen molar-refractivity contribution >= 4 is 5.91 Å². The zero-order chi connectivity index (χ0) is 21.8. The fourth-order valence-corrected chi connectivity index (χ4v) is 5.69. The van der Waals surface area contributed by atoms with Crippen molar-refractivity contribution < 1.29 is 14.3 Å². The molecule has 1 N–H and O–H groups in total. The van der Waals surface area contributed by atoms with Gasteiger partial charge in [0.2, 0.25) is 5.91 Å². The Kier molecular flexibility index (Phi) is 6.89. The standard InChI is InChI=1S/C26H35N3O3/c30-26(15-19-16-31-17-19)29-14-4-7-23(24-12-13-27-28-24)25(29)18-32-22-10-8-21(9-11-22)20-5-2-1-3-6-20/h1-3,5-6,12-13,19,21-23,25H,4,7-11,14-18H2,(H,27,28). The van der Waals surface area contributed by atoms with Crippen molar-refractivity contribution in [2.75, 3.05) is 26.4 Å². The normalized spacial score (nSPS) is 28.9. The summed E-state index contributed by atoms with van der Waals surface area (Å²) in [5.74, 6) is 1.51. The van der Waals surface area contributed by atoms with Gasteiger partial charge in [-0.05, 0) is 56.1 Å².